The van der Waals surface area contributed by atoms with Crippen molar-refractivity contribution >= 4 is 17.2 Å². The van der Waals surface area contributed by atoms with Crippen LogP contribution in [0, 0.1) is 13.8 Å². The number of rotatable bonds is 2. The van der Waals surface area contributed by atoms with E-state index in [-0.39, 0.29) is 0 Å². The molecule has 74 valence electrons. The van der Waals surface area contributed by atoms with Crippen LogP contribution in [-0.2, 0) is 6.54 Å². The SMILES string of the molecule is Cc1nc(C)c(Cn2ncc(N)n2)s1. The van der Waals surface area contributed by atoms with Gasteiger partial charge in [-0.1, -0.05) is 0 Å². The molecule has 2 heterocycles. The number of anilines is 1. The fourth-order valence-electron chi connectivity index (χ4n) is 1.24. The summed E-state index contributed by atoms with van der Waals surface area (Å²) in [6, 6.07) is 0. The molecule has 0 unspecified atom stereocenters. The summed E-state index contributed by atoms with van der Waals surface area (Å²) in [5.74, 6) is 0.448. The van der Waals surface area contributed by atoms with Gasteiger partial charge in [-0.05, 0) is 13.8 Å². The van der Waals surface area contributed by atoms with Crippen molar-refractivity contribution in [3.8, 4) is 0 Å². The van der Waals surface area contributed by atoms with Crippen molar-refractivity contribution in [2.45, 2.75) is 20.4 Å². The second-order valence-electron chi connectivity index (χ2n) is 3.04. The van der Waals surface area contributed by atoms with Crippen LogP contribution in [0.25, 0.3) is 0 Å². The molecule has 0 atom stereocenters. The largest absolute Gasteiger partial charge is 0.381 e. The smallest absolute Gasteiger partial charge is 0.165 e. The Morgan fingerprint density at radius 2 is 2.29 bits per heavy atom. The van der Waals surface area contributed by atoms with Crippen molar-refractivity contribution < 1.29 is 0 Å². The topological polar surface area (TPSA) is 69.6 Å². The third kappa shape index (κ3) is 1.74. The van der Waals surface area contributed by atoms with E-state index in [1.165, 1.54) is 4.88 Å². The van der Waals surface area contributed by atoms with Gasteiger partial charge in [0, 0.05) is 0 Å². The van der Waals surface area contributed by atoms with E-state index in [9.17, 15) is 0 Å². The van der Waals surface area contributed by atoms with Gasteiger partial charge in [0.05, 0.1) is 28.3 Å². The third-order valence-electron chi connectivity index (χ3n) is 1.84. The molecule has 2 aromatic heterocycles. The molecule has 0 aliphatic rings. The van der Waals surface area contributed by atoms with Crippen LogP contribution < -0.4 is 5.73 Å². The number of aromatic nitrogens is 4. The molecule has 2 rings (SSSR count). The number of nitrogens with two attached hydrogens (primary N) is 1. The molecular formula is C8H11N5S. The van der Waals surface area contributed by atoms with Crippen LogP contribution in [0.1, 0.15) is 15.6 Å². The van der Waals surface area contributed by atoms with Gasteiger partial charge in [-0.3, -0.25) is 0 Å². The van der Waals surface area contributed by atoms with Gasteiger partial charge in [0.1, 0.15) is 0 Å². The lowest BCUT2D eigenvalue weighted by Crippen LogP contribution is -2.03. The van der Waals surface area contributed by atoms with Crippen molar-refractivity contribution in [3.63, 3.8) is 0 Å². The first-order valence-electron chi connectivity index (χ1n) is 4.23. The first kappa shape index (κ1) is 9.14. The summed E-state index contributed by atoms with van der Waals surface area (Å²) in [4.78, 5) is 7.09. The van der Waals surface area contributed by atoms with Crippen molar-refractivity contribution in [2.75, 3.05) is 5.73 Å². The summed E-state index contributed by atoms with van der Waals surface area (Å²) < 4.78 is 0. The average molecular weight is 209 g/mol. The highest BCUT2D eigenvalue weighted by molar-refractivity contribution is 7.11. The highest BCUT2D eigenvalue weighted by Gasteiger charge is 2.06. The molecule has 5 nitrogen and oxygen atoms in total. The summed E-state index contributed by atoms with van der Waals surface area (Å²) in [6.45, 7) is 4.63. The van der Waals surface area contributed by atoms with Crippen LogP contribution >= 0.6 is 11.3 Å². The van der Waals surface area contributed by atoms with E-state index >= 15 is 0 Å². The molecule has 2 N–H and O–H groups in total. The van der Waals surface area contributed by atoms with Crippen molar-refractivity contribution in [2.24, 2.45) is 0 Å². The maximum absolute atomic E-state index is 5.47. The Hall–Kier alpha value is -1.43. The fraction of sp³-hybridized carbons (Fsp3) is 0.375. The summed E-state index contributed by atoms with van der Waals surface area (Å²) in [5, 5.41) is 9.11. The average Bonchev–Trinajstić information content (AvgIpc) is 2.61. The van der Waals surface area contributed by atoms with Crippen LogP contribution in [0.3, 0.4) is 0 Å². The van der Waals surface area contributed by atoms with Crippen LogP contribution in [0.5, 0.6) is 0 Å². The van der Waals surface area contributed by atoms with Crippen LogP contribution in [0.4, 0.5) is 5.82 Å². The molecule has 14 heavy (non-hydrogen) atoms. The zero-order valence-corrected chi connectivity index (χ0v) is 8.88. The Bertz CT molecular complexity index is 444. The predicted molar refractivity (Wildman–Crippen MR) is 55.1 cm³/mol. The van der Waals surface area contributed by atoms with Gasteiger partial charge in [-0.2, -0.15) is 9.90 Å². The van der Waals surface area contributed by atoms with E-state index < -0.39 is 0 Å². The molecule has 0 aromatic carbocycles. The lowest BCUT2D eigenvalue weighted by atomic mass is 10.4. The maximum atomic E-state index is 5.47. The Morgan fingerprint density at radius 3 is 2.79 bits per heavy atom. The summed E-state index contributed by atoms with van der Waals surface area (Å²) >= 11 is 1.67. The molecule has 0 saturated heterocycles. The molecule has 0 amide bonds. The van der Waals surface area contributed by atoms with Crippen LogP contribution in [0.15, 0.2) is 6.20 Å². The van der Waals surface area contributed by atoms with Gasteiger partial charge in [-0.15, -0.1) is 16.4 Å². The minimum atomic E-state index is 0.448. The molecular weight excluding hydrogens is 198 g/mol. The predicted octanol–water partition coefficient (Wildman–Crippen LogP) is 0.982. The summed E-state index contributed by atoms with van der Waals surface area (Å²) in [6.07, 6.45) is 1.54. The minimum absolute atomic E-state index is 0.448. The van der Waals surface area contributed by atoms with Crippen LogP contribution in [0.2, 0.25) is 0 Å². The van der Waals surface area contributed by atoms with Crippen molar-refractivity contribution in [1.82, 2.24) is 20.0 Å². The molecule has 2 aromatic rings. The third-order valence-corrected chi connectivity index (χ3v) is 2.90. The van der Waals surface area contributed by atoms with Crippen LogP contribution in [-0.4, -0.2) is 20.0 Å². The molecule has 0 spiro atoms. The number of hydrogen-bond donors (Lipinski definition) is 1. The van der Waals surface area contributed by atoms with E-state index in [2.05, 4.69) is 15.2 Å². The number of hydrogen-bond acceptors (Lipinski definition) is 5. The number of nitrogens with zero attached hydrogens (tertiary/aromatic N) is 4. The maximum Gasteiger partial charge on any atom is 0.165 e. The zero-order chi connectivity index (χ0) is 10.1. The second kappa shape index (κ2) is 3.38. The van der Waals surface area contributed by atoms with Gasteiger partial charge in [0.2, 0.25) is 0 Å². The fourth-order valence-corrected chi connectivity index (χ4v) is 2.15. The van der Waals surface area contributed by atoms with Gasteiger partial charge < -0.3 is 5.73 Å². The highest BCUT2D eigenvalue weighted by atomic mass is 32.1. The molecule has 0 aliphatic carbocycles. The van der Waals surface area contributed by atoms with Crippen molar-refractivity contribution in [1.29, 1.82) is 0 Å². The number of thiazole rings is 1. The van der Waals surface area contributed by atoms with Gasteiger partial charge in [0.25, 0.3) is 0 Å². The zero-order valence-electron chi connectivity index (χ0n) is 8.06. The van der Waals surface area contributed by atoms with E-state index in [1.54, 1.807) is 22.3 Å². The molecule has 0 saturated carbocycles. The Labute approximate surface area is 85.6 Å². The second-order valence-corrected chi connectivity index (χ2v) is 4.33. The van der Waals surface area contributed by atoms with Gasteiger partial charge in [-0.25, -0.2) is 4.98 Å². The van der Waals surface area contributed by atoms with E-state index in [0.717, 1.165) is 10.7 Å². The van der Waals surface area contributed by atoms with Gasteiger partial charge >= 0.3 is 0 Å². The molecule has 6 heteroatoms. The van der Waals surface area contributed by atoms with Gasteiger partial charge in [0.15, 0.2) is 5.82 Å². The first-order valence-corrected chi connectivity index (χ1v) is 5.05. The first-order chi connectivity index (χ1) is 6.65. The number of aryl methyl sites for hydroxylation is 2. The summed E-state index contributed by atoms with van der Waals surface area (Å²) in [7, 11) is 0. The van der Waals surface area contributed by atoms with E-state index in [0.29, 0.717) is 12.4 Å². The Morgan fingerprint density at radius 1 is 1.50 bits per heavy atom. The molecule has 0 bridgehead atoms. The van der Waals surface area contributed by atoms with Crippen molar-refractivity contribution in [3.05, 3.63) is 21.8 Å². The molecule has 0 aliphatic heterocycles. The molecule has 0 fully saturated rings. The lowest BCUT2D eigenvalue weighted by Gasteiger charge is -1.96. The standard InChI is InChI=1S/C8H11N5S/c1-5-7(14-6(2)11-5)4-13-10-3-8(9)12-13/h3H,4H2,1-2H3,(H2,9,12). The van der Waals surface area contributed by atoms with E-state index in [1.807, 2.05) is 13.8 Å². The van der Waals surface area contributed by atoms with E-state index in [4.69, 9.17) is 5.73 Å². The highest BCUT2D eigenvalue weighted by Crippen LogP contribution is 2.17. The monoisotopic (exact) mass is 209 g/mol. The molecule has 0 radical (unpaired) electrons. The summed E-state index contributed by atoms with van der Waals surface area (Å²) in [5.41, 5.74) is 6.51. The normalized spacial score (nSPS) is 10.7. The minimum Gasteiger partial charge on any atom is -0.381 e. The lowest BCUT2D eigenvalue weighted by molar-refractivity contribution is 0.596. The quantitative estimate of drug-likeness (QED) is 0.800. The Kier molecular flexibility index (Phi) is 2.20. The number of nitrogen functional groups attached to an aromatic ring is 1. The Balaban J connectivity index is 2.22.